The summed E-state index contributed by atoms with van der Waals surface area (Å²) >= 11 is 0. The molecule has 0 heterocycles. The Labute approximate surface area is 94.7 Å². The number of hydrogen-bond acceptors (Lipinski definition) is 1. The van der Waals surface area contributed by atoms with Gasteiger partial charge in [0.2, 0.25) is 0 Å². The van der Waals surface area contributed by atoms with Crippen molar-refractivity contribution in [1.82, 2.24) is 0 Å². The fourth-order valence-corrected chi connectivity index (χ4v) is 0.880. The van der Waals surface area contributed by atoms with E-state index in [-0.39, 0.29) is 0 Å². The predicted octanol–water partition coefficient (Wildman–Crippen LogP) is 2.75. The summed E-state index contributed by atoms with van der Waals surface area (Å²) in [5.74, 6) is -0.670. The summed E-state index contributed by atoms with van der Waals surface area (Å²) in [5, 5.41) is 8.27. The quantitative estimate of drug-likeness (QED) is 0.550. The zero-order valence-electron chi connectivity index (χ0n) is 11.0. The van der Waals surface area contributed by atoms with Crippen LogP contribution in [0.4, 0.5) is 0 Å². The first kappa shape index (κ1) is 16.8. The van der Waals surface area contributed by atoms with Gasteiger partial charge < -0.3 is 9.59 Å². The predicted molar refractivity (Wildman–Crippen MR) is 65.0 cm³/mol. The van der Waals surface area contributed by atoms with Gasteiger partial charge in [-0.15, -0.1) is 0 Å². The molecular weight excluding hydrogens is 190 g/mol. The van der Waals surface area contributed by atoms with Crippen LogP contribution in [0.2, 0.25) is 0 Å². The molecule has 0 radical (unpaired) electrons. The molecular formula is C12H28NO2+. The minimum atomic E-state index is -0.670. The number of quaternary nitrogens is 1. The summed E-state index contributed by atoms with van der Waals surface area (Å²) in [7, 11) is 8.50. The second kappa shape index (κ2) is 9.97. The maximum atomic E-state index is 10.0. The van der Waals surface area contributed by atoms with Crippen molar-refractivity contribution in [3.8, 4) is 0 Å². The van der Waals surface area contributed by atoms with Crippen LogP contribution < -0.4 is 0 Å². The van der Waals surface area contributed by atoms with E-state index in [1.165, 1.54) is 19.3 Å². The maximum absolute atomic E-state index is 10.0. The summed E-state index contributed by atoms with van der Waals surface area (Å²) in [4.78, 5) is 10.0. The number of rotatable bonds is 6. The zero-order valence-corrected chi connectivity index (χ0v) is 11.0. The van der Waals surface area contributed by atoms with Gasteiger partial charge in [0.25, 0.3) is 0 Å². The molecule has 15 heavy (non-hydrogen) atoms. The maximum Gasteiger partial charge on any atom is 0.303 e. The lowest BCUT2D eigenvalue weighted by atomic mass is 10.1. The van der Waals surface area contributed by atoms with Crippen LogP contribution in [0.5, 0.6) is 0 Å². The lowest BCUT2D eigenvalue weighted by Crippen LogP contribution is -2.27. The van der Waals surface area contributed by atoms with Crippen LogP contribution in [0.1, 0.15) is 45.4 Å². The monoisotopic (exact) mass is 218 g/mol. The van der Waals surface area contributed by atoms with E-state index < -0.39 is 5.97 Å². The van der Waals surface area contributed by atoms with Gasteiger partial charge in [0.15, 0.2) is 0 Å². The van der Waals surface area contributed by atoms with Gasteiger partial charge in [-0.05, 0) is 6.42 Å². The average molecular weight is 218 g/mol. The fraction of sp³-hybridized carbons (Fsp3) is 0.917. The van der Waals surface area contributed by atoms with E-state index in [1.54, 1.807) is 0 Å². The Balaban J connectivity index is 0. The molecule has 0 saturated heterocycles. The second-order valence-corrected chi connectivity index (χ2v) is 5.24. The van der Waals surface area contributed by atoms with Gasteiger partial charge in [0, 0.05) is 6.42 Å². The lowest BCUT2D eigenvalue weighted by molar-refractivity contribution is -0.849. The van der Waals surface area contributed by atoms with E-state index in [4.69, 9.17) is 5.11 Å². The molecule has 0 bridgehead atoms. The molecule has 0 fully saturated rings. The van der Waals surface area contributed by atoms with Gasteiger partial charge in [-0.1, -0.05) is 32.6 Å². The van der Waals surface area contributed by atoms with Crippen molar-refractivity contribution in [3.63, 3.8) is 0 Å². The highest BCUT2D eigenvalue weighted by atomic mass is 16.4. The number of unbranched alkanes of at least 4 members (excludes halogenated alkanes) is 4. The molecule has 1 N–H and O–H groups in total. The molecule has 0 rings (SSSR count). The van der Waals surface area contributed by atoms with Gasteiger partial charge in [-0.3, -0.25) is 4.79 Å². The highest BCUT2D eigenvalue weighted by molar-refractivity contribution is 5.66. The largest absolute Gasteiger partial charge is 0.481 e. The summed E-state index contributed by atoms with van der Waals surface area (Å²) in [6.45, 7) is 2.15. The van der Waals surface area contributed by atoms with Gasteiger partial charge in [0.05, 0.1) is 28.2 Å². The number of aliphatic carboxylic acids is 1. The molecule has 0 aromatic heterocycles. The van der Waals surface area contributed by atoms with Crippen molar-refractivity contribution < 1.29 is 14.4 Å². The van der Waals surface area contributed by atoms with E-state index in [2.05, 4.69) is 35.1 Å². The third-order valence-electron chi connectivity index (χ3n) is 1.49. The van der Waals surface area contributed by atoms with Crippen molar-refractivity contribution in [3.05, 3.63) is 0 Å². The molecule has 0 amide bonds. The van der Waals surface area contributed by atoms with E-state index >= 15 is 0 Å². The summed E-state index contributed by atoms with van der Waals surface area (Å²) < 4.78 is 1.00. The number of nitrogens with zero attached hydrogens (tertiary/aromatic N) is 1. The minimum Gasteiger partial charge on any atom is -0.481 e. The molecule has 0 aliphatic carbocycles. The molecule has 92 valence electrons. The SMILES string of the molecule is CCCCCCCC(=O)O.C[N+](C)(C)C. The van der Waals surface area contributed by atoms with Gasteiger partial charge >= 0.3 is 5.97 Å². The van der Waals surface area contributed by atoms with Gasteiger partial charge in [-0.25, -0.2) is 0 Å². The van der Waals surface area contributed by atoms with Crippen LogP contribution in [-0.2, 0) is 4.79 Å². The standard InChI is InChI=1S/C8H16O2.C4H12N/c1-2-3-4-5-6-7-8(9)10;1-5(2,3)4/h2-7H2,1H3,(H,9,10);1-4H3/q;+1. The van der Waals surface area contributed by atoms with E-state index in [9.17, 15) is 4.79 Å². The number of carboxylic acids is 1. The smallest absolute Gasteiger partial charge is 0.303 e. The van der Waals surface area contributed by atoms with Crippen molar-refractivity contribution >= 4 is 5.97 Å². The van der Waals surface area contributed by atoms with Crippen LogP contribution in [-0.4, -0.2) is 43.7 Å². The Kier molecular flexibility index (Phi) is 11.2. The van der Waals surface area contributed by atoms with Crippen LogP contribution >= 0.6 is 0 Å². The zero-order chi connectivity index (χ0) is 12.3. The molecule has 0 atom stereocenters. The molecule has 0 saturated carbocycles. The van der Waals surface area contributed by atoms with Crippen LogP contribution in [0.3, 0.4) is 0 Å². The van der Waals surface area contributed by atoms with Crippen molar-refractivity contribution in [2.45, 2.75) is 45.4 Å². The molecule has 0 aromatic carbocycles. The third kappa shape index (κ3) is 42.4. The molecule has 3 heteroatoms. The van der Waals surface area contributed by atoms with E-state index in [0.29, 0.717) is 6.42 Å². The molecule has 0 aliphatic heterocycles. The second-order valence-electron chi connectivity index (χ2n) is 5.24. The Morgan fingerprint density at radius 3 is 1.73 bits per heavy atom. The Morgan fingerprint density at radius 1 is 1.00 bits per heavy atom. The van der Waals surface area contributed by atoms with Crippen LogP contribution in [0.15, 0.2) is 0 Å². The first-order valence-electron chi connectivity index (χ1n) is 5.78. The summed E-state index contributed by atoms with van der Waals surface area (Å²) in [5.41, 5.74) is 0. The molecule has 3 nitrogen and oxygen atoms in total. The van der Waals surface area contributed by atoms with E-state index in [1.807, 2.05) is 0 Å². The van der Waals surface area contributed by atoms with Crippen molar-refractivity contribution in [2.24, 2.45) is 0 Å². The summed E-state index contributed by atoms with van der Waals surface area (Å²) in [6.07, 6.45) is 5.88. The van der Waals surface area contributed by atoms with E-state index in [0.717, 1.165) is 17.3 Å². The number of hydrogen-bond donors (Lipinski definition) is 1. The molecule has 0 aliphatic rings. The molecule has 0 spiro atoms. The molecule has 0 unspecified atom stereocenters. The third-order valence-corrected chi connectivity index (χ3v) is 1.49. The summed E-state index contributed by atoms with van der Waals surface area (Å²) in [6, 6.07) is 0. The number of carboxylic acid groups (broad SMARTS) is 1. The van der Waals surface area contributed by atoms with Crippen LogP contribution in [0, 0.1) is 0 Å². The van der Waals surface area contributed by atoms with Crippen molar-refractivity contribution in [1.29, 1.82) is 0 Å². The van der Waals surface area contributed by atoms with Gasteiger partial charge in [0.1, 0.15) is 0 Å². The Morgan fingerprint density at radius 2 is 1.40 bits per heavy atom. The highest BCUT2D eigenvalue weighted by Crippen LogP contribution is 2.04. The highest BCUT2D eigenvalue weighted by Gasteiger charge is 1.94. The average Bonchev–Trinajstić information content (AvgIpc) is 2.00. The minimum absolute atomic E-state index is 0.337. The Hall–Kier alpha value is -0.570. The molecule has 0 aromatic rings. The normalized spacial score (nSPS) is 10.5. The van der Waals surface area contributed by atoms with Crippen LogP contribution in [0.25, 0.3) is 0 Å². The van der Waals surface area contributed by atoms with Crippen molar-refractivity contribution in [2.75, 3.05) is 28.2 Å². The van der Waals surface area contributed by atoms with Gasteiger partial charge in [-0.2, -0.15) is 0 Å². The topological polar surface area (TPSA) is 37.3 Å². The first-order valence-corrected chi connectivity index (χ1v) is 5.78. The lowest BCUT2D eigenvalue weighted by Gasteiger charge is -2.14. The fourth-order valence-electron chi connectivity index (χ4n) is 0.880. The Bertz CT molecular complexity index is 144. The first-order chi connectivity index (χ1) is 6.77. The number of carbonyl (C=O) groups is 1.